The van der Waals surface area contributed by atoms with E-state index in [1.807, 2.05) is 19.1 Å². The van der Waals surface area contributed by atoms with E-state index >= 15 is 0 Å². The van der Waals surface area contributed by atoms with E-state index in [1.54, 1.807) is 0 Å². The topological polar surface area (TPSA) is 34.0 Å². The van der Waals surface area contributed by atoms with E-state index in [9.17, 15) is 0 Å². The molecular formula is C8H12N2O. The Hall–Kier alpha value is -1.12. The largest absolute Gasteiger partial charge is 0.383 e. The summed E-state index contributed by atoms with van der Waals surface area (Å²) in [4.78, 5) is 4.50. The van der Waals surface area contributed by atoms with Crippen molar-refractivity contribution < 1.29 is 4.84 Å². The van der Waals surface area contributed by atoms with Gasteiger partial charge < -0.3 is 4.84 Å². The van der Waals surface area contributed by atoms with Gasteiger partial charge in [-0.05, 0) is 13.3 Å². The second-order valence-corrected chi connectivity index (χ2v) is 2.63. The van der Waals surface area contributed by atoms with E-state index in [2.05, 4.69) is 27.4 Å². The summed E-state index contributed by atoms with van der Waals surface area (Å²) in [6.07, 6.45) is 9.13. The maximum atomic E-state index is 4.50. The average molecular weight is 152 g/mol. The van der Waals surface area contributed by atoms with Crippen molar-refractivity contribution in [3.05, 3.63) is 24.3 Å². The molecule has 60 valence electrons. The summed E-state index contributed by atoms with van der Waals surface area (Å²) in [5.41, 5.74) is -0.297. The minimum Gasteiger partial charge on any atom is -0.383 e. The van der Waals surface area contributed by atoms with Gasteiger partial charge in [0, 0.05) is 5.28 Å². The SMILES string of the molecule is CON=NC1(C)C=CCC=C1. The second kappa shape index (κ2) is 3.32. The van der Waals surface area contributed by atoms with Gasteiger partial charge in [-0.1, -0.05) is 24.3 Å². The average Bonchev–Trinajstić information content (AvgIpc) is 2.03. The van der Waals surface area contributed by atoms with Gasteiger partial charge in [-0.2, -0.15) is 0 Å². The van der Waals surface area contributed by atoms with Crippen LogP contribution in [0, 0.1) is 0 Å². The minimum atomic E-state index is -0.297. The Labute approximate surface area is 66.4 Å². The van der Waals surface area contributed by atoms with Crippen LogP contribution in [-0.2, 0) is 4.84 Å². The summed E-state index contributed by atoms with van der Waals surface area (Å²) in [5.74, 6) is 0. The van der Waals surface area contributed by atoms with Crippen LogP contribution in [0.5, 0.6) is 0 Å². The highest BCUT2D eigenvalue weighted by Crippen LogP contribution is 2.19. The van der Waals surface area contributed by atoms with Crippen LogP contribution >= 0.6 is 0 Å². The lowest BCUT2D eigenvalue weighted by molar-refractivity contribution is 0.179. The number of rotatable bonds is 2. The van der Waals surface area contributed by atoms with Gasteiger partial charge in [-0.25, -0.2) is 0 Å². The molecule has 0 aromatic rings. The molecule has 1 aliphatic carbocycles. The Morgan fingerprint density at radius 2 is 2.00 bits per heavy atom. The molecule has 0 fully saturated rings. The molecule has 3 heteroatoms. The van der Waals surface area contributed by atoms with E-state index in [0.717, 1.165) is 6.42 Å². The molecule has 0 bridgehead atoms. The Kier molecular flexibility index (Phi) is 2.41. The molecule has 0 amide bonds. The third-order valence-corrected chi connectivity index (χ3v) is 1.52. The summed E-state index contributed by atoms with van der Waals surface area (Å²) < 4.78 is 0. The fraction of sp³-hybridized carbons (Fsp3) is 0.500. The van der Waals surface area contributed by atoms with Crippen LogP contribution < -0.4 is 0 Å². The summed E-state index contributed by atoms with van der Waals surface area (Å²) >= 11 is 0. The second-order valence-electron chi connectivity index (χ2n) is 2.63. The van der Waals surface area contributed by atoms with Crippen LogP contribution in [0.25, 0.3) is 0 Å². The summed E-state index contributed by atoms with van der Waals surface area (Å²) in [7, 11) is 1.49. The highest BCUT2D eigenvalue weighted by molar-refractivity contribution is 5.21. The molecule has 1 rings (SSSR count). The fourth-order valence-electron chi connectivity index (χ4n) is 0.943. The van der Waals surface area contributed by atoms with Crippen LogP contribution in [0.3, 0.4) is 0 Å². The Balaban J connectivity index is 2.65. The lowest BCUT2D eigenvalue weighted by Crippen LogP contribution is -2.15. The number of hydrogen-bond acceptors (Lipinski definition) is 3. The van der Waals surface area contributed by atoms with Crippen molar-refractivity contribution in [2.45, 2.75) is 18.9 Å². The summed E-state index contributed by atoms with van der Waals surface area (Å²) in [6, 6.07) is 0. The molecule has 0 aromatic heterocycles. The van der Waals surface area contributed by atoms with E-state index in [4.69, 9.17) is 0 Å². The monoisotopic (exact) mass is 152 g/mol. The van der Waals surface area contributed by atoms with Gasteiger partial charge >= 0.3 is 0 Å². The van der Waals surface area contributed by atoms with Gasteiger partial charge in [0.1, 0.15) is 12.6 Å². The first-order valence-corrected chi connectivity index (χ1v) is 3.57. The van der Waals surface area contributed by atoms with Crippen molar-refractivity contribution in [1.29, 1.82) is 0 Å². The molecule has 0 unspecified atom stereocenters. The number of allylic oxidation sites excluding steroid dienone is 2. The molecule has 11 heavy (non-hydrogen) atoms. The van der Waals surface area contributed by atoms with Crippen LogP contribution in [0.15, 0.2) is 34.7 Å². The molecule has 0 heterocycles. The first-order valence-electron chi connectivity index (χ1n) is 3.57. The number of nitrogens with zero attached hydrogens (tertiary/aromatic N) is 2. The highest BCUT2D eigenvalue weighted by atomic mass is 16.6. The van der Waals surface area contributed by atoms with Gasteiger partial charge in [0.15, 0.2) is 0 Å². The molecular weight excluding hydrogens is 140 g/mol. The van der Waals surface area contributed by atoms with Gasteiger partial charge in [0.05, 0.1) is 0 Å². The Morgan fingerprint density at radius 3 is 2.55 bits per heavy atom. The lowest BCUT2D eigenvalue weighted by Gasteiger charge is -2.15. The maximum absolute atomic E-state index is 4.50. The molecule has 3 nitrogen and oxygen atoms in total. The van der Waals surface area contributed by atoms with Crippen molar-refractivity contribution in [3.63, 3.8) is 0 Å². The van der Waals surface area contributed by atoms with Gasteiger partial charge in [-0.15, -0.1) is 5.11 Å². The highest BCUT2D eigenvalue weighted by Gasteiger charge is 2.17. The zero-order valence-corrected chi connectivity index (χ0v) is 6.82. The quantitative estimate of drug-likeness (QED) is 0.339. The normalized spacial score (nSPS) is 20.9. The van der Waals surface area contributed by atoms with Crippen molar-refractivity contribution in [2.75, 3.05) is 7.11 Å². The molecule has 1 aliphatic rings. The van der Waals surface area contributed by atoms with Crippen molar-refractivity contribution in [1.82, 2.24) is 0 Å². The predicted molar refractivity (Wildman–Crippen MR) is 43.2 cm³/mol. The molecule has 0 aromatic carbocycles. The third-order valence-electron chi connectivity index (χ3n) is 1.52. The molecule has 0 N–H and O–H groups in total. The van der Waals surface area contributed by atoms with Crippen molar-refractivity contribution in [3.8, 4) is 0 Å². The Morgan fingerprint density at radius 1 is 1.36 bits per heavy atom. The third kappa shape index (κ3) is 2.18. The first kappa shape index (κ1) is 7.98. The van der Waals surface area contributed by atoms with Crippen LogP contribution in [0.4, 0.5) is 0 Å². The fourth-order valence-corrected chi connectivity index (χ4v) is 0.943. The van der Waals surface area contributed by atoms with Gasteiger partial charge in [0.25, 0.3) is 0 Å². The van der Waals surface area contributed by atoms with E-state index in [-0.39, 0.29) is 5.54 Å². The summed E-state index contributed by atoms with van der Waals surface area (Å²) in [5, 5.41) is 7.45. The number of hydrogen-bond donors (Lipinski definition) is 0. The first-order chi connectivity index (χ1) is 5.27. The van der Waals surface area contributed by atoms with Crippen LogP contribution in [-0.4, -0.2) is 12.6 Å². The Bertz CT molecular complexity index is 194. The summed E-state index contributed by atoms with van der Waals surface area (Å²) in [6.45, 7) is 1.97. The van der Waals surface area contributed by atoms with E-state index < -0.39 is 0 Å². The predicted octanol–water partition coefficient (Wildman–Crippen LogP) is 2.27. The maximum Gasteiger partial charge on any atom is 0.118 e. The standard InChI is InChI=1S/C8H12N2O/c1-8(9-10-11-2)6-4-3-5-7-8/h4-7H,3H2,1-2H3. The van der Waals surface area contributed by atoms with Crippen LogP contribution in [0.2, 0.25) is 0 Å². The molecule has 0 atom stereocenters. The lowest BCUT2D eigenvalue weighted by atomic mass is 9.98. The molecule has 0 saturated heterocycles. The van der Waals surface area contributed by atoms with Gasteiger partial charge in [0.2, 0.25) is 0 Å². The van der Waals surface area contributed by atoms with E-state index in [1.165, 1.54) is 7.11 Å². The minimum absolute atomic E-state index is 0.297. The zero-order chi connectivity index (χ0) is 8.16. The van der Waals surface area contributed by atoms with Crippen molar-refractivity contribution >= 4 is 0 Å². The molecule has 0 spiro atoms. The molecule has 0 aliphatic heterocycles. The van der Waals surface area contributed by atoms with E-state index in [0.29, 0.717) is 0 Å². The molecule has 0 saturated carbocycles. The zero-order valence-electron chi connectivity index (χ0n) is 6.82. The van der Waals surface area contributed by atoms with Gasteiger partial charge in [-0.3, -0.25) is 0 Å². The molecule has 0 radical (unpaired) electrons. The smallest absolute Gasteiger partial charge is 0.118 e. The van der Waals surface area contributed by atoms with Crippen molar-refractivity contribution in [2.24, 2.45) is 10.4 Å². The van der Waals surface area contributed by atoms with Crippen LogP contribution in [0.1, 0.15) is 13.3 Å².